The Morgan fingerprint density at radius 3 is 2.33 bits per heavy atom. The predicted molar refractivity (Wildman–Crippen MR) is 173 cm³/mol. The van der Waals surface area contributed by atoms with Crippen LogP contribution in [-0.4, -0.2) is 54.0 Å². The van der Waals surface area contributed by atoms with E-state index in [1.54, 1.807) is 27.6 Å². The highest BCUT2D eigenvalue weighted by atomic mass is 35.5. The van der Waals surface area contributed by atoms with Crippen LogP contribution in [0.5, 0.6) is 0 Å². The molecule has 4 rings (SSSR count). The van der Waals surface area contributed by atoms with Gasteiger partial charge in [0.05, 0.1) is 24.8 Å². The van der Waals surface area contributed by atoms with Gasteiger partial charge in [0.25, 0.3) is 0 Å². The van der Waals surface area contributed by atoms with Crippen molar-refractivity contribution in [1.29, 1.82) is 0 Å². The minimum absolute atomic E-state index is 0.00449. The lowest BCUT2D eigenvalue weighted by atomic mass is 10.0. The number of amides is 1. The van der Waals surface area contributed by atoms with Crippen molar-refractivity contribution in [2.45, 2.75) is 39.7 Å². The molecule has 3 heterocycles. The van der Waals surface area contributed by atoms with Crippen LogP contribution in [0.3, 0.4) is 0 Å². The minimum Gasteiger partial charge on any atom is -0.444 e. The van der Waals surface area contributed by atoms with Gasteiger partial charge < -0.3 is 15.0 Å². The largest absolute Gasteiger partial charge is 0.444 e. The SMILES string of the molecule is C/C(=C\c1c(Cl)cc(C=O)cc1Cl)C(=O)OF.CNc1nc(-c2cc(Cl)cs2)c(C2=CCN(C(=O)OC(C)(C)C)CC2)s1. The van der Waals surface area contributed by atoms with Crippen LogP contribution in [0, 0.1) is 0 Å². The van der Waals surface area contributed by atoms with Gasteiger partial charge in [0.1, 0.15) is 17.6 Å². The maximum Gasteiger partial charge on any atom is 0.410 e. The normalized spacial score (nSPS) is 13.5. The number of hydrogen-bond donors (Lipinski definition) is 1. The molecule has 1 aliphatic heterocycles. The number of nitrogens with one attached hydrogen (secondary N) is 1. The first-order valence-corrected chi connectivity index (χ1v) is 15.6. The van der Waals surface area contributed by atoms with E-state index in [0.717, 1.165) is 32.0 Å². The van der Waals surface area contributed by atoms with Gasteiger partial charge in [0, 0.05) is 46.7 Å². The average Bonchev–Trinajstić information content (AvgIpc) is 3.60. The number of nitrogens with zero attached hydrogens (tertiary/aromatic N) is 2. The second-order valence-electron chi connectivity index (χ2n) is 10.2. The minimum atomic E-state index is -1.13. The molecule has 43 heavy (non-hydrogen) atoms. The first kappa shape index (κ1) is 34.5. The van der Waals surface area contributed by atoms with Crippen molar-refractivity contribution < 1.29 is 28.6 Å². The Kier molecular flexibility index (Phi) is 12.2. The van der Waals surface area contributed by atoms with Crippen LogP contribution in [-0.2, 0) is 14.5 Å². The van der Waals surface area contributed by atoms with E-state index in [4.69, 9.17) is 44.5 Å². The van der Waals surface area contributed by atoms with E-state index in [-0.39, 0.29) is 21.7 Å². The Bertz CT molecular complexity index is 1540. The van der Waals surface area contributed by atoms with E-state index in [1.165, 1.54) is 30.7 Å². The number of aldehydes is 1. The Morgan fingerprint density at radius 1 is 1.16 bits per heavy atom. The molecule has 0 spiro atoms. The summed E-state index contributed by atoms with van der Waals surface area (Å²) >= 11 is 21.1. The van der Waals surface area contributed by atoms with Crippen molar-refractivity contribution in [2.75, 3.05) is 25.5 Å². The fourth-order valence-electron chi connectivity index (χ4n) is 3.76. The molecule has 14 heteroatoms. The average molecular weight is 689 g/mol. The van der Waals surface area contributed by atoms with E-state index in [0.29, 0.717) is 30.5 Å². The number of rotatable bonds is 6. The quantitative estimate of drug-likeness (QED) is 0.204. The maximum atomic E-state index is 12.2. The molecule has 1 N–H and O–H groups in total. The van der Waals surface area contributed by atoms with Gasteiger partial charge >= 0.3 is 12.1 Å². The highest BCUT2D eigenvalue weighted by Gasteiger charge is 2.26. The number of carbonyl (C=O) groups is 3. The maximum absolute atomic E-state index is 12.2. The van der Waals surface area contributed by atoms with Crippen molar-refractivity contribution in [1.82, 2.24) is 9.88 Å². The summed E-state index contributed by atoms with van der Waals surface area (Å²) < 4.78 is 17.1. The molecule has 0 saturated heterocycles. The zero-order valence-electron chi connectivity index (χ0n) is 23.9. The van der Waals surface area contributed by atoms with Gasteiger partial charge in [-0.15, -0.1) is 11.3 Å². The van der Waals surface area contributed by atoms with Gasteiger partial charge in [-0.1, -0.05) is 52.2 Å². The molecular weight excluding hydrogens is 660 g/mol. The first-order chi connectivity index (χ1) is 20.3. The van der Waals surface area contributed by atoms with E-state index >= 15 is 0 Å². The summed E-state index contributed by atoms with van der Waals surface area (Å²) in [5.41, 5.74) is 2.31. The Balaban J connectivity index is 0.000000259. The highest BCUT2D eigenvalue weighted by Crippen LogP contribution is 2.41. The third kappa shape index (κ3) is 9.51. The summed E-state index contributed by atoms with van der Waals surface area (Å²) in [5.74, 6) is -1.13. The van der Waals surface area contributed by atoms with Crippen molar-refractivity contribution in [3.63, 3.8) is 0 Å². The first-order valence-electron chi connectivity index (χ1n) is 12.8. The number of hydrogen-bond acceptors (Lipinski definition) is 9. The fraction of sp³-hybridized carbons (Fsp3) is 0.310. The van der Waals surface area contributed by atoms with Gasteiger partial charge in [0.15, 0.2) is 5.13 Å². The van der Waals surface area contributed by atoms with E-state index in [9.17, 15) is 18.9 Å². The second-order valence-corrected chi connectivity index (χ2v) is 13.4. The molecule has 0 fully saturated rings. The van der Waals surface area contributed by atoms with Gasteiger partial charge in [-0.2, -0.15) is 0 Å². The predicted octanol–water partition coefficient (Wildman–Crippen LogP) is 9.23. The Labute approximate surface area is 272 Å². The van der Waals surface area contributed by atoms with Crippen LogP contribution in [0.15, 0.2) is 35.2 Å². The number of halogens is 4. The third-order valence-electron chi connectivity index (χ3n) is 5.78. The van der Waals surface area contributed by atoms with Crippen LogP contribution in [0.25, 0.3) is 22.2 Å². The lowest BCUT2D eigenvalue weighted by Gasteiger charge is -2.29. The molecule has 0 bridgehead atoms. The van der Waals surface area contributed by atoms with Gasteiger partial charge in [0.2, 0.25) is 0 Å². The van der Waals surface area contributed by atoms with Crippen molar-refractivity contribution in [2.24, 2.45) is 0 Å². The highest BCUT2D eigenvalue weighted by molar-refractivity contribution is 7.18. The lowest BCUT2D eigenvalue weighted by Crippen LogP contribution is -2.39. The number of thiazole rings is 1. The second kappa shape index (κ2) is 15.2. The van der Waals surface area contributed by atoms with Crippen LogP contribution in [0.2, 0.25) is 15.1 Å². The zero-order chi connectivity index (χ0) is 31.9. The number of ether oxygens (including phenoxy) is 1. The molecular formula is C29H29Cl3FN3O5S2. The van der Waals surface area contributed by atoms with Crippen molar-refractivity contribution in [3.8, 4) is 10.6 Å². The molecule has 1 aromatic carbocycles. The lowest BCUT2D eigenvalue weighted by molar-refractivity contribution is -0.178. The molecule has 8 nitrogen and oxygen atoms in total. The molecule has 2 aromatic heterocycles. The summed E-state index contributed by atoms with van der Waals surface area (Å²) in [7, 11) is 1.87. The van der Waals surface area contributed by atoms with Crippen molar-refractivity contribution in [3.05, 3.63) is 66.3 Å². The van der Waals surface area contributed by atoms with Crippen LogP contribution >= 0.6 is 57.5 Å². The number of benzene rings is 1. The number of aromatic nitrogens is 1. The Morgan fingerprint density at radius 2 is 1.84 bits per heavy atom. The molecule has 1 amide bonds. The molecule has 0 unspecified atom stereocenters. The molecule has 0 radical (unpaired) electrons. The summed E-state index contributed by atoms with van der Waals surface area (Å²) in [4.78, 5) is 45.3. The van der Waals surface area contributed by atoms with E-state index < -0.39 is 11.6 Å². The van der Waals surface area contributed by atoms with Crippen LogP contribution < -0.4 is 5.32 Å². The van der Waals surface area contributed by atoms with Crippen molar-refractivity contribution >= 4 is 92.6 Å². The third-order valence-corrected chi connectivity index (χ3v) is 8.84. The summed E-state index contributed by atoms with van der Waals surface area (Å²) in [5, 5.41) is 7.01. The molecule has 3 aromatic rings. The van der Waals surface area contributed by atoms with Crippen LogP contribution in [0.4, 0.5) is 14.5 Å². The number of anilines is 1. The van der Waals surface area contributed by atoms with Gasteiger partial charge in [-0.3, -0.25) is 4.79 Å². The summed E-state index contributed by atoms with van der Waals surface area (Å²) in [6.45, 7) is 8.17. The zero-order valence-corrected chi connectivity index (χ0v) is 27.8. The van der Waals surface area contributed by atoms with Gasteiger partial charge in [-0.25, -0.2) is 19.5 Å². The molecule has 230 valence electrons. The molecule has 0 aliphatic carbocycles. The monoisotopic (exact) mass is 687 g/mol. The molecule has 0 saturated carbocycles. The van der Waals surface area contributed by atoms with Gasteiger partial charge in [-0.05, 0) is 64.0 Å². The van der Waals surface area contributed by atoms with E-state index in [1.807, 2.05) is 39.3 Å². The van der Waals surface area contributed by atoms with Crippen LogP contribution in [0.1, 0.15) is 54.9 Å². The number of thiophene rings is 1. The standard InChI is InChI=1S/C18H22ClN3O2S2.C11H7Cl2FO3/c1-18(2,3)24-17(23)22-7-5-11(6-8-22)15-14(21-16(20-4)26-15)13-9-12(19)10-25-13;1-6(11(16)17-14)2-8-9(12)3-7(5-15)4-10(8)13/h5,9-10H,6-8H2,1-4H3,(H,20,21);2-5H,1H3/b;6-2+. The van der Waals surface area contributed by atoms with E-state index in [2.05, 4.69) is 16.3 Å². The topological polar surface area (TPSA) is 97.8 Å². The molecule has 0 atom stereocenters. The smallest absolute Gasteiger partial charge is 0.410 e. The summed E-state index contributed by atoms with van der Waals surface area (Å²) in [6, 6.07) is 4.72. The molecule has 1 aliphatic rings. The number of carbonyl (C=O) groups excluding carboxylic acids is 3. The summed E-state index contributed by atoms with van der Waals surface area (Å²) in [6.07, 6.45) is 4.48. The fourth-order valence-corrected chi connectivity index (χ4v) is 6.51. The Hall–Kier alpha value is -2.96.